The molecule has 2 aliphatic rings. The van der Waals surface area contributed by atoms with Gasteiger partial charge >= 0.3 is 12.1 Å². The molecule has 0 saturated carbocycles. The summed E-state index contributed by atoms with van der Waals surface area (Å²) >= 11 is 1.65. The summed E-state index contributed by atoms with van der Waals surface area (Å²) in [4.78, 5) is 50.9. The monoisotopic (exact) mass is 631 g/mol. The summed E-state index contributed by atoms with van der Waals surface area (Å²) in [5.74, 6) is 1.56. The van der Waals surface area contributed by atoms with E-state index in [1.54, 1.807) is 23.2 Å². The first-order valence-corrected chi connectivity index (χ1v) is 15.9. The molecular formula is C32H37N7O5S. The summed E-state index contributed by atoms with van der Waals surface area (Å²) in [5, 5.41) is 0. The number of carbonyl (C=O) groups is 2. The minimum atomic E-state index is -0.582. The Hall–Kier alpha value is -4.36. The minimum absolute atomic E-state index is 0.292. The number of esters is 1. The van der Waals surface area contributed by atoms with Gasteiger partial charge < -0.3 is 24.0 Å². The average Bonchev–Trinajstić information content (AvgIpc) is 3.64. The molecule has 45 heavy (non-hydrogen) atoms. The standard InChI is InChI=1S/C32H37N7O5S/c1-6-43-29(40)20-17-33-30(34-18-20)37(5)19-21-16-24-26(45-21)28(38-12-14-42-15-13-38)36-27(35-24)23-8-7-9-25-22(23)10-11-39(25)31(41)44-32(2,3)4/h7-9,16-18H,6,10-15,19H2,1-5H3. The van der Waals surface area contributed by atoms with Crippen molar-refractivity contribution in [2.45, 2.75) is 46.3 Å². The van der Waals surface area contributed by atoms with Crippen LogP contribution in [0.5, 0.6) is 0 Å². The van der Waals surface area contributed by atoms with Crippen LogP contribution in [0.1, 0.15) is 48.5 Å². The Morgan fingerprint density at radius 3 is 2.56 bits per heavy atom. The highest BCUT2D eigenvalue weighted by Gasteiger charge is 2.31. The summed E-state index contributed by atoms with van der Waals surface area (Å²) in [7, 11) is 1.91. The topological polar surface area (TPSA) is 123 Å². The normalized spacial score (nSPS) is 14.9. The number of anilines is 3. The molecule has 12 nitrogen and oxygen atoms in total. The van der Waals surface area contributed by atoms with Crippen LogP contribution >= 0.6 is 11.3 Å². The molecule has 1 amide bonds. The van der Waals surface area contributed by atoms with Gasteiger partial charge in [0.1, 0.15) is 5.60 Å². The molecule has 0 spiro atoms. The first-order valence-electron chi connectivity index (χ1n) is 15.1. The molecule has 0 atom stereocenters. The van der Waals surface area contributed by atoms with Crippen molar-refractivity contribution in [3.05, 3.63) is 52.7 Å². The van der Waals surface area contributed by atoms with E-state index in [1.807, 2.05) is 50.9 Å². The van der Waals surface area contributed by atoms with E-state index in [4.69, 9.17) is 24.2 Å². The lowest BCUT2D eigenvalue weighted by molar-refractivity contribution is 0.0523. The van der Waals surface area contributed by atoms with Crippen LogP contribution in [0.2, 0.25) is 0 Å². The molecular weight excluding hydrogens is 594 g/mol. The lowest BCUT2D eigenvalue weighted by Gasteiger charge is -2.28. The number of ether oxygens (including phenoxy) is 3. The molecule has 5 heterocycles. The molecule has 2 aliphatic heterocycles. The van der Waals surface area contributed by atoms with E-state index in [0.717, 1.165) is 50.8 Å². The second-order valence-electron chi connectivity index (χ2n) is 11.9. The SMILES string of the molecule is CCOC(=O)c1cnc(N(C)Cc2cc3nc(-c4cccc5c4CCN5C(=O)OC(C)(C)C)nc(N4CCOCC4)c3s2)nc1. The Balaban J connectivity index is 1.33. The van der Waals surface area contributed by atoms with Crippen molar-refractivity contribution in [1.82, 2.24) is 19.9 Å². The van der Waals surface area contributed by atoms with Crippen LogP contribution in [-0.4, -0.2) is 84.1 Å². The van der Waals surface area contributed by atoms with Crippen molar-refractivity contribution >= 4 is 51.1 Å². The van der Waals surface area contributed by atoms with E-state index in [-0.39, 0.29) is 6.09 Å². The van der Waals surface area contributed by atoms with Crippen LogP contribution in [0, 0.1) is 0 Å². The highest BCUT2D eigenvalue weighted by Crippen LogP contribution is 2.39. The maximum Gasteiger partial charge on any atom is 0.414 e. The van der Waals surface area contributed by atoms with Gasteiger partial charge in [-0.05, 0) is 51.8 Å². The van der Waals surface area contributed by atoms with E-state index in [1.165, 1.54) is 12.4 Å². The van der Waals surface area contributed by atoms with Crippen molar-refractivity contribution in [2.24, 2.45) is 0 Å². The zero-order chi connectivity index (χ0) is 31.7. The number of nitrogens with zero attached hydrogens (tertiary/aromatic N) is 7. The average molecular weight is 632 g/mol. The van der Waals surface area contributed by atoms with Gasteiger partial charge in [0, 0.05) is 49.5 Å². The lowest BCUT2D eigenvalue weighted by atomic mass is 10.0. The van der Waals surface area contributed by atoms with E-state index in [9.17, 15) is 9.59 Å². The van der Waals surface area contributed by atoms with E-state index in [0.29, 0.717) is 56.7 Å². The summed E-state index contributed by atoms with van der Waals surface area (Å²) in [6.45, 7) is 11.5. The van der Waals surface area contributed by atoms with Crippen LogP contribution in [0.25, 0.3) is 21.6 Å². The number of benzene rings is 1. The third-order valence-electron chi connectivity index (χ3n) is 7.48. The number of hydrogen-bond donors (Lipinski definition) is 0. The maximum atomic E-state index is 13.0. The van der Waals surface area contributed by atoms with Crippen molar-refractivity contribution in [3.63, 3.8) is 0 Å². The van der Waals surface area contributed by atoms with Gasteiger partial charge in [-0.15, -0.1) is 11.3 Å². The third-order valence-corrected chi connectivity index (χ3v) is 8.59. The van der Waals surface area contributed by atoms with Crippen molar-refractivity contribution in [3.8, 4) is 11.4 Å². The van der Waals surface area contributed by atoms with E-state index in [2.05, 4.69) is 20.9 Å². The predicted octanol–water partition coefficient (Wildman–Crippen LogP) is 5.10. The Morgan fingerprint density at radius 1 is 1.09 bits per heavy atom. The number of carbonyl (C=O) groups excluding carboxylic acids is 2. The molecule has 1 aromatic carbocycles. The summed E-state index contributed by atoms with van der Waals surface area (Å²) in [5.41, 5.74) is 3.37. The van der Waals surface area contributed by atoms with E-state index >= 15 is 0 Å². The number of morpholine rings is 1. The number of amides is 1. The van der Waals surface area contributed by atoms with Crippen LogP contribution in [0.4, 0.5) is 22.2 Å². The van der Waals surface area contributed by atoms with Gasteiger partial charge in [-0.1, -0.05) is 12.1 Å². The lowest BCUT2D eigenvalue weighted by Crippen LogP contribution is -2.36. The van der Waals surface area contributed by atoms with Gasteiger partial charge in [0.2, 0.25) is 5.95 Å². The van der Waals surface area contributed by atoms with Crippen LogP contribution in [0.3, 0.4) is 0 Å². The zero-order valence-corrected chi connectivity index (χ0v) is 27.0. The molecule has 1 fully saturated rings. The number of fused-ring (bicyclic) bond motifs is 2. The van der Waals surface area contributed by atoms with Gasteiger partial charge in [0.25, 0.3) is 0 Å². The fraction of sp³-hybridized carbons (Fsp3) is 0.438. The van der Waals surface area contributed by atoms with Gasteiger partial charge in [-0.3, -0.25) is 4.90 Å². The smallest absolute Gasteiger partial charge is 0.414 e. The quantitative estimate of drug-likeness (QED) is 0.253. The molecule has 4 aromatic rings. The second-order valence-corrected chi connectivity index (χ2v) is 13.1. The highest BCUT2D eigenvalue weighted by molar-refractivity contribution is 7.19. The number of thiophene rings is 1. The second kappa shape index (κ2) is 12.6. The van der Waals surface area contributed by atoms with Crippen LogP contribution in [0.15, 0.2) is 36.7 Å². The van der Waals surface area contributed by atoms with Crippen molar-refractivity contribution in [2.75, 3.05) is 61.2 Å². The third kappa shape index (κ3) is 6.54. The first kappa shape index (κ1) is 30.7. The minimum Gasteiger partial charge on any atom is -0.462 e. The van der Waals surface area contributed by atoms with Crippen LogP contribution < -0.4 is 14.7 Å². The van der Waals surface area contributed by atoms with Gasteiger partial charge in [0.15, 0.2) is 11.6 Å². The maximum absolute atomic E-state index is 13.0. The Kier molecular flexibility index (Phi) is 8.56. The predicted molar refractivity (Wildman–Crippen MR) is 173 cm³/mol. The molecule has 13 heteroatoms. The molecule has 3 aromatic heterocycles. The number of aromatic nitrogens is 4. The number of rotatable bonds is 7. The van der Waals surface area contributed by atoms with Gasteiger partial charge in [0.05, 0.1) is 47.8 Å². The largest absolute Gasteiger partial charge is 0.462 e. The van der Waals surface area contributed by atoms with E-state index < -0.39 is 11.6 Å². The first-order chi connectivity index (χ1) is 21.6. The molecule has 0 radical (unpaired) electrons. The number of hydrogen-bond acceptors (Lipinski definition) is 12. The Morgan fingerprint density at radius 2 is 1.84 bits per heavy atom. The fourth-order valence-corrected chi connectivity index (χ4v) is 6.61. The highest BCUT2D eigenvalue weighted by atomic mass is 32.1. The molecule has 0 N–H and O–H groups in total. The summed E-state index contributed by atoms with van der Waals surface area (Å²) in [6, 6.07) is 8.02. The molecule has 0 unspecified atom stereocenters. The van der Waals surface area contributed by atoms with Gasteiger partial charge in [-0.2, -0.15) is 0 Å². The van der Waals surface area contributed by atoms with Gasteiger partial charge in [-0.25, -0.2) is 29.5 Å². The molecule has 6 rings (SSSR count). The molecule has 236 valence electrons. The Bertz CT molecular complexity index is 1710. The molecule has 0 bridgehead atoms. The summed E-state index contributed by atoms with van der Waals surface area (Å²) in [6.07, 6.45) is 3.31. The molecule has 1 saturated heterocycles. The van der Waals surface area contributed by atoms with Crippen LogP contribution in [-0.2, 0) is 27.2 Å². The fourth-order valence-electron chi connectivity index (χ4n) is 5.45. The summed E-state index contributed by atoms with van der Waals surface area (Å²) < 4.78 is 17.4. The molecule has 0 aliphatic carbocycles. The van der Waals surface area contributed by atoms with Crippen molar-refractivity contribution in [1.29, 1.82) is 0 Å². The zero-order valence-electron chi connectivity index (χ0n) is 26.2. The van der Waals surface area contributed by atoms with Crippen molar-refractivity contribution < 1.29 is 23.8 Å². The Labute approximate surface area is 266 Å².